The number of methoxy groups -OCH3 is 1. The molecule has 2 atom stereocenters. The summed E-state index contributed by atoms with van der Waals surface area (Å²) in [7, 11) is 1.61. The van der Waals surface area contributed by atoms with Crippen molar-refractivity contribution in [1.82, 2.24) is 4.90 Å². The van der Waals surface area contributed by atoms with Gasteiger partial charge in [0.2, 0.25) is 0 Å². The monoisotopic (exact) mass is 427 g/mol. The number of hydrogen-bond donors (Lipinski definition) is 1. The van der Waals surface area contributed by atoms with Crippen molar-refractivity contribution >= 4 is 6.09 Å². The van der Waals surface area contributed by atoms with E-state index >= 15 is 0 Å². The van der Waals surface area contributed by atoms with E-state index in [0.29, 0.717) is 44.8 Å². The van der Waals surface area contributed by atoms with Crippen molar-refractivity contribution in [2.75, 3.05) is 26.9 Å². The van der Waals surface area contributed by atoms with Crippen LogP contribution in [0.25, 0.3) is 0 Å². The Labute approximate surface area is 182 Å². The van der Waals surface area contributed by atoms with E-state index in [9.17, 15) is 9.90 Å². The van der Waals surface area contributed by atoms with Crippen LogP contribution in [0.4, 0.5) is 4.79 Å². The van der Waals surface area contributed by atoms with Gasteiger partial charge in [0.25, 0.3) is 0 Å². The van der Waals surface area contributed by atoms with Crippen molar-refractivity contribution in [1.29, 1.82) is 0 Å². The fourth-order valence-corrected chi connectivity index (χ4v) is 4.42. The van der Waals surface area contributed by atoms with E-state index in [2.05, 4.69) is 0 Å². The maximum Gasteiger partial charge on any atom is 0.410 e. The number of carbonyl (C=O) groups is 1. The van der Waals surface area contributed by atoms with Gasteiger partial charge >= 0.3 is 6.09 Å². The Hall–Kier alpha value is -2.77. The van der Waals surface area contributed by atoms with E-state index in [1.807, 2.05) is 54.6 Å². The van der Waals surface area contributed by atoms with Gasteiger partial charge in [-0.25, -0.2) is 4.79 Å². The lowest BCUT2D eigenvalue weighted by molar-refractivity contribution is -0.137. The summed E-state index contributed by atoms with van der Waals surface area (Å²) in [5, 5.41) is 11.2. The molecule has 2 saturated heterocycles. The van der Waals surface area contributed by atoms with Crippen LogP contribution >= 0.6 is 0 Å². The largest absolute Gasteiger partial charge is 0.497 e. The lowest BCUT2D eigenvalue weighted by Crippen LogP contribution is -2.63. The molecule has 2 aliphatic rings. The van der Waals surface area contributed by atoms with Crippen molar-refractivity contribution in [2.45, 2.75) is 43.6 Å². The van der Waals surface area contributed by atoms with Gasteiger partial charge in [-0.15, -0.1) is 0 Å². The third-order valence-corrected chi connectivity index (χ3v) is 5.93. The highest BCUT2D eigenvalue weighted by atomic mass is 16.6. The smallest absolute Gasteiger partial charge is 0.410 e. The van der Waals surface area contributed by atoms with Gasteiger partial charge in [0, 0.05) is 12.5 Å². The third-order valence-electron chi connectivity index (χ3n) is 5.93. The maximum absolute atomic E-state index is 12.8. The second kappa shape index (κ2) is 9.58. The molecule has 7 heteroatoms. The summed E-state index contributed by atoms with van der Waals surface area (Å²) in [5.41, 5.74) is 0.0363. The Morgan fingerprint density at radius 1 is 1.10 bits per heavy atom. The molecular weight excluding hydrogens is 398 g/mol. The summed E-state index contributed by atoms with van der Waals surface area (Å²) < 4.78 is 22.2. The Bertz CT molecular complexity index is 859. The number of ether oxygens (including phenoxy) is 4. The Morgan fingerprint density at radius 2 is 1.81 bits per heavy atom. The SMILES string of the molecule is COc1cccc(OCCC2(O)CC3COCC(C2)N3C(=O)OCc2ccccc2)c1. The molecule has 2 fully saturated rings. The average molecular weight is 427 g/mol. The normalized spacial score (nSPS) is 25.0. The van der Waals surface area contributed by atoms with Gasteiger partial charge in [-0.1, -0.05) is 36.4 Å². The van der Waals surface area contributed by atoms with Gasteiger partial charge in [-0.3, -0.25) is 4.90 Å². The van der Waals surface area contributed by atoms with Crippen molar-refractivity contribution in [3.8, 4) is 11.5 Å². The zero-order valence-corrected chi connectivity index (χ0v) is 17.7. The van der Waals surface area contributed by atoms with Crippen LogP contribution < -0.4 is 9.47 Å². The van der Waals surface area contributed by atoms with Crippen LogP contribution in [-0.4, -0.2) is 60.7 Å². The van der Waals surface area contributed by atoms with Gasteiger partial charge in [-0.2, -0.15) is 0 Å². The molecule has 0 saturated carbocycles. The first-order valence-electron chi connectivity index (χ1n) is 10.6. The number of rotatable bonds is 7. The van der Waals surface area contributed by atoms with Gasteiger partial charge < -0.3 is 24.1 Å². The lowest BCUT2D eigenvalue weighted by Gasteiger charge is -2.50. The fourth-order valence-electron chi connectivity index (χ4n) is 4.42. The molecular formula is C24H29NO6. The van der Waals surface area contributed by atoms with Gasteiger partial charge in [0.1, 0.15) is 18.1 Å². The topological polar surface area (TPSA) is 77.5 Å². The summed E-state index contributed by atoms with van der Waals surface area (Å²) in [6.07, 6.45) is 0.998. The molecule has 166 valence electrons. The van der Waals surface area contributed by atoms with Crippen molar-refractivity contribution < 1.29 is 28.8 Å². The highest BCUT2D eigenvalue weighted by molar-refractivity contribution is 5.69. The second-order valence-electron chi connectivity index (χ2n) is 8.20. The Kier molecular flexibility index (Phi) is 6.63. The summed E-state index contributed by atoms with van der Waals surface area (Å²) in [6.45, 7) is 1.41. The van der Waals surface area contributed by atoms with Crippen LogP contribution in [0.3, 0.4) is 0 Å². The van der Waals surface area contributed by atoms with Crippen molar-refractivity contribution in [3.05, 3.63) is 60.2 Å². The minimum Gasteiger partial charge on any atom is -0.497 e. The number of benzene rings is 2. The molecule has 2 aromatic rings. The van der Waals surface area contributed by atoms with Gasteiger partial charge in [0.15, 0.2) is 0 Å². The van der Waals surface area contributed by atoms with E-state index in [1.165, 1.54) is 0 Å². The molecule has 1 amide bonds. The van der Waals surface area contributed by atoms with Crippen LogP contribution in [0.15, 0.2) is 54.6 Å². The summed E-state index contributed by atoms with van der Waals surface area (Å²) in [5.74, 6) is 1.43. The molecule has 2 aliphatic heterocycles. The lowest BCUT2D eigenvalue weighted by atomic mass is 9.79. The molecule has 0 spiro atoms. The molecule has 4 rings (SSSR count). The zero-order valence-electron chi connectivity index (χ0n) is 17.7. The van der Waals surface area contributed by atoms with Crippen LogP contribution in [-0.2, 0) is 16.1 Å². The van der Waals surface area contributed by atoms with Crippen LogP contribution in [0.5, 0.6) is 11.5 Å². The molecule has 0 radical (unpaired) electrons. The highest BCUT2D eigenvalue weighted by Crippen LogP contribution is 2.37. The number of hydrogen-bond acceptors (Lipinski definition) is 6. The molecule has 2 aromatic carbocycles. The quantitative estimate of drug-likeness (QED) is 0.730. The number of piperidine rings is 1. The first-order valence-corrected chi connectivity index (χ1v) is 10.6. The van der Waals surface area contributed by atoms with E-state index in [0.717, 1.165) is 11.3 Å². The number of fused-ring (bicyclic) bond motifs is 2. The van der Waals surface area contributed by atoms with Crippen molar-refractivity contribution in [3.63, 3.8) is 0 Å². The fraction of sp³-hybridized carbons (Fsp3) is 0.458. The first-order chi connectivity index (χ1) is 15.1. The molecule has 0 aromatic heterocycles. The standard InChI is InChI=1S/C24H29NO6/c1-28-21-8-5-9-22(12-21)30-11-10-24(27)13-19-16-29-17-20(14-24)25(19)23(26)31-15-18-6-3-2-4-7-18/h2-9,12,19-20,27H,10-11,13-17H2,1H3. The number of morpholine rings is 1. The van der Waals surface area contributed by atoms with E-state index in [-0.39, 0.29) is 24.8 Å². The van der Waals surface area contributed by atoms with Crippen LogP contribution in [0, 0.1) is 0 Å². The van der Waals surface area contributed by atoms with E-state index < -0.39 is 5.60 Å². The highest BCUT2D eigenvalue weighted by Gasteiger charge is 2.48. The third kappa shape index (κ3) is 5.29. The Morgan fingerprint density at radius 3 is 2.52 bits per heavy atom. The first kappa shape index (κ1) is 21.5. The summed E-state index contributed by atoms with van der Waals surface area (Å²) in [4.78, 5) is 14.5. The summed E-state index contributed by atoms with van der Waals surface area (Å²) in [6, 6.07) is 16.6. The molecule has 2 unspecified atom stereocenters. The van der Waals surface area contributed by atoms with Crippen LogP contribution in [0.2, 0.25) is 0 Å². The predicted molar refractivity (Wildman–Crippen MR) is 114 cm³/mol. The number of aliphatic hydroxyl groups is 1. The molecule has 31 heavy (non-hydrogen) atoms. The van der Waals surface area contributed by atoms with Crippen molar-refractivity contribution in [2.24, 2.45) is 0 Å². The molecule has 0 aliphatic carbocycles. The predicted octanol–water partition coefficient (Wildman–Crippen LogP) is 3.40. The summed E-state index contributed by atoms with van der Waals surface area (Å²) >= 11 is 0. The van der Waals surface area contributed by atoms with Gasteiger partial charge in [0.05, 0.1) is 44.6 Å². The number of amides is 1. The van der Waals surface area contributed by atoms with E-state index in [1.54, 1.807) is 12.0 Å². The minimum absolute atomic E-state index is 0.211. The molecule has 2 bridgehead atoms. The number of nitrogens with zero attached hydrogens (tertiary/aromatic N) is 1. The van der Waals surface area contributed by atoms with Gasteiger partial charge in [-0.05, 0) is 30.5 Å². The molecule has 7 nitrogen and oxygen atoms in total. The average Bonchev–Trinajstić information content (AvgIpc) is 2.77. The minimum atomic E-state index is -0.909. The zero-order chi connectivity index (χ0) is 21.7. The maximum atomic E-state index is 12.8. The number of carbonyl (C=O) groups excluding carboxylic acids is 1. The molecule has 1 N–H and O–H groups in total. The van der Waals surface area contributed by atoms with E-state index in [4.69, 9.17) is 18.9 Å². The van der Waals surface area contributed by atoms with Crippen LogP contribution in [0.1, 0.15) is 24.8 Å². The molecule has 2 heterocycles. The second-order valence-corrected chi connectivity index (χ2v) is 8.20. The Balaban J connectivity index is 1.32.